The second kappa shape index (κ2) is 7.09. The van der Waals surface area contributed by atoms with Crippen molar-refractivity contribution in [1.82, 2.24) is 0 Å². The minimum atomic E-state index is -0.169. The molecule has 24 heavy (non-hydrogen) atoms. The zero-order chi connectivity index (χ0) is 17.5. The molecule has 3 fully saturated rings. The molecular weight excluding hydrogens is 300 g/mol. The molecule has 3 rings (SSSR count). The van der Waals surface area contributed by atoms with E-state index in [1.165, 1.54) is 19.3 Å². The summed E-state index contributed by atoms with van der Waals surface area (Å²) in [6, 6.07) is 0. The molecule has 3 aliphatic rings. The first kappa shape index (κ1) is 18.4. The fraction of sp³-hybridized carbons (Fsp3) is 0.905. The van der Waals surface area contributed by atoms with Gasteiger partial charge in [-0.05, 0) is 49.9 Å². The molecule has 3 nitrogen and oxygen atoms in total. The molecule has 2 aliphatic heterocycles. The van der Waals surface area contributed by atoms with Gasteiger partial charge in [0, 0.05) is 11.8 Å². The quantitative estimate of drug-likeness (QED) is 0.675. The molecule has 8 atom stereocenters. The molecule has 0 radical (unpaired) electrons. The smallest absolute Gasteiger partial charge is 0.164 e. The van der Waals surface area contributed by atoms with Crippen molar-refractivity contribution < 1.29 is 14.2 Å². The van der Waals surface area contributed by atoms with Gasteiger partial charge >= 0.3 is 0 Å². The summed E-state index contributed by atoms with van der Waals surface area (Å²) < 4.78 is 19.1. The van der Waals surface area contributed by atoms with Gasteiger partial charge in [0.25, 0.3) is 0 Å². The maximum Gasteiger partial charge on any atom is 0.164 e. The summed E-state index contributed by atoms with van der Waals surface area (Å²) in [4.78, 5) is 0. The van der Waals surface area contributed by atoms with E-state index >= 15 is 0 Å². The predicted octanol–water partition coefficient (Wildman–Crippen LogP) is 5.01. The van der Waals surface area contributed by atoms with E-state index in [2.05, 4.69) is 41.2 Å². The topological polar surface area (TPSA) is 27.7 Å². The lowest BCUT2D eigenvalue weighted by Gasteiger charge is -2.52. The first-order chi connectivity index (χ1) is 11.4. The monoisotopic (exact) mass is 336 g/mol. The number of hydrogen-bond acceptors (Lipinski definition) is 3. The van der Waals surface area contributed by atoms with Crippen LogP contribution in [-0.2, 0) is 14.2 Å². The Hall–Kier alpha value is -0.380. The van der Waals surface area contributed by atoms with Gasteiger partial charge in [0.05, 0.1) is 12.2 Å². The Kier molecular flexibility index (Phi) is 5.44. The van der Waals surface area contributed by atoms with Crippen molar-refractivity contribution in [2.24, 2.45) is 35.5 Å². The Bertz CT molecular complexity index is 448. The van der Waals surface area contributed by atoms with Gasteiger partial charge in [0.15, 0.2) is 12.6 Å². The zero-order valence-electron chi connectivity index (χ0n) is 16.2. The van der Waals surface area contributed by atoms with E-state index in [-0.39, 0.29) is 18.2 Å². The Balaban J connectivity index is 1.89. The molecular formula is C21H36O3. The molecule has 1 saturated carbocycles. The molecule has 0 bridgehead atoms. The number of ether oxygens (including phenoxy) is 3. The van der Waals surface area contributed by atoms with Gasteiger partial charge in [-0.3, -0.25) is 0 Å². The molecule has 0 spiro atoms. The summed E-state index contributed by atoms with van der Waals surface area (Å²) in [6.07, 6.45) is 6.52. The third kappa shape index (κ3) is 3.20. The van der Waals surface area contributed by atoms with Gasteiger partial charge in [-0.1, -0.05) is 40.2 Å². The molecule has 3 unspecified atom stereocenters. The average Bonchev–Trinajstić information content (AvgIpc) is 2.69. The van der Waals surface area contributed by atoms with E-state index in [1.54, 1.807) is 6.08 Å². The summed E-state index contributed by atoms with van der Waals surface area (Å²) in [5, 5.41) is 0. The molecule has 0 N–H and O–H groups in total. The van der Waals surface area contributed by atoms with Gasteiger partial charge in [0.1, 0.15) is 0 Å². The van der Waals surface area contributed by atoms with E-state index in [4.69, 9.17) is 14.2 Å². The van der Waals surface area contributed by atoms with Gasteiger partial charge in [-0.25, -0.2) is 0 Å². The normalized spacial score (nSPS) is 48.7. The fourth-order valence-electron chi connectivity index (χ4n) is 5.26. The Morgan fingerprint density at radius 2 is 1.96 bits per heavy atom. The summed E-state index contributed by atoms with van der Waals surface area (Å²) in [5.74, 6) is 3.57. The second-order valence-electron chi connectivity index (χ2n) is 8.94. The van der Waals surface area contributed by atoms with Gasteiger partial charge in [0.2, 0.25) is 0 Å². The van der Waals surface area contributed by atoms with Crippen molar-refractivity contribution >= 4 is 0 Å². The first-order valence-corrected chi connectivity index (χ1v) is 9.93. The molecule has 0 amide bonds. The van der Waals surface area contributed by atoms with Crippen molar-refractivity contribution in [2.45, 2.75) is 78.5 Å². The van der Waals surface area contributed by atoms with Gasteiger partial charge in [-0.2, -0.15) is 0 Å². The standard InChI is InChI=1S/C21H36O3/c1-7-12-22-19-15(5)17-9-8-14(4)16-10-11-21(6,13(2)3)24-20(23-19)18(16)17/h7,13-20H,1,8-12H2,2-6H3/t14-,15-,16?,17?,18?,19+,20-,21+/m1/s1. The largest absolute Gasteiger partial charge is 0.348 e. The third-order valence-corrected chi connectivity index (χ3v) is 7.32. The maximum atomic E-state index is 6.68. The lowest BCUT2D eigenvalue weighted by molar-refractivity contribution is -0.347. The van der Waals surface area contributed by atoms with E-state index < -0.39 is 0 Å². The van der Waals surface area contributed by atoms with Crippen LogP contribution in [0.5, 0.6) is 0 Å². The van der Waals surface area contributed by atoms with Crippen molar-refractivity contribution in [3.05, 3.63) is 12.7 Å². The van der Waals surface area contributed by atoms with Crippen molar-refractivity contribution in [3.63, 3.8) is 0 Å². The summed E-state index contributed by atoms with van der Waals surface area (Å²) in [6.45, 7) is 15.9. The highest BCUT2D eigenvalue weighted by Crippen LogP contribution is 2.54. The second-order valence-corrected chi connectivity index (χ2v) is 8.94. The Morgan fingerprint density at radius 3 is 2.62 bits per heavy atom. The fourth-order valence-corrected chi connectivity index (χ4v) is 5.26. The SMILES string of the molecule is C=CCO[C@H]1O[C@@H]2O[C@](C)(C(C)C)CCC3C2C(CC[C@H]3C)[C@H]1C. The van der Waals surface area contributed by atoms with Crippen LogP contribution in [0.2, 0.25) is 0 Å². The molecule has 0 aromatic rings. The van der Waals surface area contributed by atoms with Crippen LogP contribution in [0.1, 0.15) is 60.3 Å². The lowest BCUT2D eigenvalue weighted by atomic mass is 9.61. The molecule has 0 aromatic carbocycles. The molecule has 0 aromatic heterocycles. The number of rotatable bonds is 4. The highest BCUT2D eigenvalue weighted by Gasteiger charge is 2.54. The van der Waals surface area contributed by atoms with E-state index in [1.807, 2.05) is 0 Å². The minimum absolute atomic E-state index is 0.101. The van der Waals surface area contributed by atoms with Crippen molar-refractivity contribution in [3.8, 4) is 0 Å². The molecule has 3 heteroatoms. The van der Waals surface area contributed by atoms with Crippen molar-refractivity contribution in [2.75, 3.05) is 6.61 Å². The highest BCUT2D eigenvalue weighted by molar-refractivity contribution is 4.98. The zero-order valence-corrected chi connectivity index (χ0v) is 16.2. The maximum absolute atomic E-state index is 6.68. The summed E-state index contributed by atoms with van der Waals surface area (Å²) in [5.41, 5.74) is -0.101. The molecule has 2 heterocycles. The van der Waals surface area contributed by atoms with Crippen LogP contribution in [0.4, 0.5) is 0 Å². The third-order valence-electron chi connectivity index (χ3n) is 7.32. The predicted molar refractivity (Wildman–Crippen MR) is 96.4 cm³/mol. The number of hydrogen-bond donors (Lipinski definition) is 0. The minimum Gasteiger partial charge on any atom is -0.348 e. The molecule has 1 aliphatic carbocycles. The summed E-state index contributed by atoms with van der Waals surface area (Å²) in [7, 11) is 0. The van der Waals surface area contributed by atoms with E-state index in [0.29, 0.717) is 30.3 Å². The van der Waals surface area contributed by atoms with Crippen molar-refractivity contribution in [1.29, 1.82) is 0 Å². The first-order valence-electron chi connectivity index (χ1n) is 9.93. The van der Waals surface area contributed by atoms with Crippen LogP contribution in [0.15, 0.2) is 12.7 Å². The lowest BCUT2D eigenvalue weighted by Crippen LogP contribution is -2.54. The van der Waals surface area contributed by atoms with Crippen LogP contribution >= 0.6 is 0 Å². The van der Waals surface area contributed by atoms with Crippen LogP contribution in [0.25, 0.3) is 0 Å². The highest BCUT2D eigenvalue weighted by atomic mass is 16.8. The van der Waals surface area contributed by atoms with E-state index in [9.17, 15) is 0 Å². The van der Waals surface area contributed by atoms with Gasteiger partial charge < -0.3 is 14.2 Å². The average molecular weight is 337 g/mol. The molecule has 2 saturated heterocycles. The van der Waals surface area contributed by atoms with Crippen LogP contribution in [0, 0.1) is 35.5 Å². The van der Waals surface area contributed by atoms with Crippen LogP contribution in [-0.4, -0.2) is 24.8 Å². The Labute approximate surface area is 148 Å². The van der Waals surface area contributed by atoms with Crippen LogP contribution in [0.3, 0.4) is 0 Å². The van der Waals surface area contributed by atoms with E-state index in [0.717, 1.165) is 18.3 Å². The Morgan fingerprint density at radius 1 is 1.21 bits per heavy atom. The summed E-state index contributed by atoms with van der Waals surface area (Å²) >= 11 is 0. The van der Waals surface area contributed by atoms with Crippen LogP contribution < -0.4 is 0 Å². The molecule has 138 valence electrons. The van der Waals surface area contributed by atoms with Gasteiger partial charge in [-0.15, -0.1) is 6.58 Å².